The van der Waals surface area contributed by atoms with Crippen molar-refractivity contribution in [1.29, 1.82) is 0 Å². The van der Waals surface area contributed by atoms with Gasteiger partial charge in [-0.15, -0.1) is 0 Å². The lowest BCUT2D eigenvalue weighted by Crippen LogP contribution is -2.40. The van der Waals surface area contributed by atoms with Crippen molar-refractivity contribution in [3.8, 4) is 5.75 Å². The number of hydrogen-bond acceptors (Lipinski definition) is 5. The van der Waals surface area contributed by atoms with E-state index in [-0.39, 0.29) is 30.3 Å². The van der Waals surface area contributed by atoms with E-state index in [0.717, 1.165) is 10.1 Å². The molecule has 2 aliphatic carbocycles. The number of phenolic OH excluding ortho intramolecular Hbond substituents is 1. The number of carbonyl (C=O) groups excluding carboxylic acids is 2. The molecule has 2 atom stereocenters. The van der Waals surface area contributed by atoms with Gasteiger partial charge in [0, 0.05) is 46.1 Å². The molecule has 0 saturated carbocycles. The molecule has 0 bridgehead atoms. The van der Waals surface area contributed by atoms with Crippen LogP contribution in [0.15, 0.2) is 66.7 Å². The zero-order valence-corrected chi connectivity index (χ0v) is 18.3. The average Bonchev–Trinajstić information content (AvgIpc) is 2.96. The third-order valence-electron chi connectivity index (χ3n) is 6.32. The highest BCUT2D eigenvalue weighted by Crippen LogP contribution is 2.51. The molecule has 1 aliphatic heterocycles. The Labute approximate surface area is 184 Å². The highest BCUT2D eigenvalue weighted by atomic mass is 79.9. The predicted octanol–water partition coefficient (Wildman–Crippen LogP) is 1.88. The summed E-state index contributed by atoms with van der Waals surface area (Å²) in [6.45, 7) is 1.76. The van der Waals surface area contributed by atoms with E-state index in [1.807, 2.05) is 6.08 Å². The zero-order chi connectivity index (χ0) is 22.2. The van der Waals surface area contributed by atoms with Gasteiger partial charge in [-0.25, -0.2) is 23.5 Å². The summed E-state index contributed by atoms with van der Waals surface area (Å²) in [4.78, 5) is 51.5. The molecule has 3 aliphatic rings. The molecule has 0 unspecified atom stereocenters. The molecule has 0 saturated heterocycles. The van der Waals surface area contributed by atoms with Gasteiger partial charge < -0.3 is 5.11 Å². The highest BCUT2D eigenvalue weighted by Gasteiger charge is 2.45. The van der Waals surface area contributed by atoms with Crippen molar-refractivity contribution in [2.45, 2.75) is 31.8 Å². The topological polar surface area (TPSA) is 103 Å². The maximum Gasteiger partial charge on any atom is 0.347 e. The summed E-state index contributed by atoms with van der Waals surface area (Å²) in [5, 5.41) is 10.7. The van der Waals surface area contributed by atoms with Crippen LogP contribution in [-0.4, -0.2) is 30.6 Å². The second kappa shape index (κ2) is 6.65. The van der Waals surface area contributed by atoms with E-state index < -0.39 is 23.3 Å². The number of aromatic nitrogens is 3. The normalized spacial score (nSPS) is 22.5. The number of fused-ring (bicyclic) bond motifs is 3. The number of halogens is 1. The van der Waals surface area contributed by atoms with Crippen LogP contribution in [-0.2, 0) is 23.2 Å². The lowest BCUT2D eigenvalue weighted by atomic mass is 9.67. The van der Waals surface area contributed by atoms with Crippen LogP contribution < -0.4 is 11.4 Å². The molecule has 1 aromatic heterocycles. The number of ketones is 2. The molecule has 0 spiro atoms. The molecule has 5 rings (SSSR count). The van der Waals surface area contributed by atoms with Crippen LogP contribution in [0.2, 0.25) is 0 Å². The standard InChI is InChI=1S/C22H18BrN3O5/c1-10-7-17(28)14-9-15-12(5-6-25-21(30)24(2)22(31)26(15)25)18(19(14)20(10)29)13-8-11(23)3-4-16(13)27/h3-5,7-8,15,18,27H,6,9H2,1-2H3/t15-,18-/m1/s1. The van der Waals surface area contributed by atoms with Gasteiger partial charge in [-0.1, -0.05) is 22.0 Å². The molecule has 9 heteroatoms. The molecule has 0 fully saturated rings. The van der Waals surface area contributed by atoms with Crippen LogP contribution in [0.5, 0.6) is 5.75 Å². The van der Waals surface area contributed by atoms with E-state index in [0.29, 0.717) is 26.8 Å². The van der Waals surface area contributed by atoms with Gasteiger partial charge in [0.15, 0.2) is 11.6 Å². The Bertz CT molecular complexity index is 1420. The van der Waals surface area contributed by atoms with Crippen LogP contribution in [0.25, 0.3) is 0 Å². The number of phenols is 1. The fraction of sp³-hybridized carbons (Fsp3) is 0.273. The first-order valence-corrected chi connectivity index (χ1v) is 10.6. The second-order valence-corrected chi connectivity index (χ2v) is 8.94. The first-order valence-electron chi connectivity index (χ1n) is 9.77. The van der Waals surface area contributed by atoms with Crippen molar-refractivity contribution in [2.75, 3.05) is 0 Å². The zero-order valence-electron chi connectivity index (χ0n) is 16.8. The fourth-order valence-electron chi connectivity index (χ4n) is 4.85. The summed E-state index contributed by atoms with van der Waals surface area (Å²) in [5.74, 6) is -1.25. The van der Waals surface area contributed by atoms with Gasteiger partial charge in [-0.3, -0.25) is 9.59 Å². The van der Waals surface area contributed by atoms with Gasteiger partial charge in [0.2, 0.25) is 0 Å². The third kappa shape index (κ3) is 2.65. The lowest BCUT2D eigenvalue weighted by Gasteiger charge is -2.39. The summed E-state index contributed by atoms with van der Waals surface area (Å²) < 4.78 is 4.45. The van der Waals surface area contributed by atoms with Crippen molar-refractivity contribution in [2.24, 2.45) is 7.05 Å². The maximum atomic E-state index is 13.2. The van der Waals surface area contributed by atoms with E-state index in [2.05, 4.69) is 15.9 Å². The lowest BCUT2D eigenvalue weighted by molar-refractivity contribution is -0.116. The summed E-state index contributed by atoms with van der Waals surface area (Å²) in [6, 6.07) is 4.31. The number of rotatable bonds is 1. The maximum absolute atomic E-state index is 13.2. The number of nitrogens with zero attached hydrogens (tertiary/aromatic N) is 3. The van der Waals surface area contributed by atoms with Crippen LogP contribution in [0.3, 0.4) is 0 Å². The number of aromatic hydroxyl groups is 1. The van der Waals surface area contributed by atoms with Gasteiger partial charge in [-0.05, 0) is 36.8 Å². The predicted molar refractivity (Wildman–Crippen MR) is 115 cm³/mol. The molecular formula is C22H18BrN3O5. The quantitative estimate of drug-likeness (QED) is 0.492. The minimum atomic E-state index is -0.706. The summed E-state index contributed by atoms with van der Waals surface area (Å²) >= 11 is 3.41. The van der Waals surface area contributed by atoms with Crippen molar-refractivity contribution >= 4 is 27.5 Å². The first-order chi connectivity index (χ1) is 14.7. The van der Waals surface area contributed by atoms with E-state index in [4.69, 9.17) is 0 Å². The van der Waals surface area contributed by atoms with Crippen LogP contribution in [0.4, 0.5) is 0 Å². The van der Waals surface area contributed by atoms with E-state index in [9.17, 15) is 24.3 Å². The molecule has 1 N–H and O–H groups in total. The van der Waals surface area contributed by atoms with Crippen molar-refractivity contribution in [1.82, 2.24) is 13.9 Å². The Hall–Kier alpha value is -3.20. The van der Waals surface area contributed by atoms with Crippen molar-refractivity contribution < 1.29 is 14.7 Å². The molecule has 158 valence electrons. The molecule has 1 aromatic carbocycles. The van der Waals surface area contributed by atoms with Crippen molar-refractivity contribution in [3.63, 3.8) is 0 Å². The largest absolute Gasteiger partial charge is 0.508 e. The Balaban J connectivity index is 1.82. The van der Waals surface area contributed by atoms with Gasteiger partial charge in [-0.2, -0.15) is 0 Å². The smallest absolute Gasteiger partial charge is 0.347 e. The van der Waals surface area contributed by atoms with Crippen LogP contribution in [0, 0.1) is 0 Å². The van der Waals surface area contributed by atoms with Crippen LogP contribution >= 0.6 is 15.9 Å². The first kappa shape index (κ1) is 19.7. The van der Waals surface area contributed by atoms with Crippen LogP contribution in [0.1, 0.15) is 30.9 Å². The minimum Gasteiger partial charge on any atom is -0.508 e. The van der Waals surface area contributed by atoms with E-state index in [1.165, 1.54) is 28.6 Å². The Morgan fingerprint density at radius 2 is 1.87 bits per heavy atom. The highest BCUT2D eigenvalue weighted by molar-refractivity contribution is 9.10. The van der Waals surface area contributed by atoms with E-state index in [1.54, 1.807) is 19.1 Å². The number of carbonyl (C=O) groups is 2. The van der Waals surface area contributed by atoms with Gasteiger partial charge in [0.05, 0.1) is 12.6 Å². The number of Topliss-reactive ketones (excluding diaryl/α,β-unsaturated/α-hetero) is 1. The third-order valence-corrected chi connectivity index (χ3v) is 6.82. The molecule has 0 radical (unpaired) electrons. The van der Waals surface area contributed by atoms with Crippen molar-refractivity contribution in [3.05, 3.63) is 83.6 Å². The SMILES string of the molecule is CC1=CC(=O)C2=C(C1=O)[C@@H](c1cc(Br)ccc1O)C1=CCn3c(=O)n(C)c(=O)n3[C@@H]1C2. The Morgan fingerprint density at radius 3 is 2.61 bits per heavy atom. The average molecular weight is 484 g/mol. The molecule has 2 aromatic rings. The molecule has 8 nitrogen and oxygen atoms in total. The Morgan fingerprint density at radius 1 is 1.13 bits per heavy atom. The summed E-state index contributed by atoms with van der Waals surface area (Å²) in [5.41, 5.74) is 1.25. The molecule has 0 amide bonds. The monoisotopic (exact) mass is 483 g/mol. The van der Waals surface area contributed by atoms with Gasteiger partial charge in [0.1, 0.15) is 5.75 Å². The molecule has 31 heavy (non-hydrogen) atoms. The summed E-state index contributed by atoms with van der Waals surface area (Å²) in [6.07, 6.45) is 3.27. The number of hydrogen-bond donors (Lipinski definition) is 1. The molecular weight excluding hydrogens is 466 g/mol. The number of benzene rings is 1. The second-order valence-electron chi connectivity index (χ2n) is 8.02. The van der Waals surface area contributed by atoms with Gasteiger partial charge in [0.25, 0.3) is 0 Å². The van der Waals surface area contributed by atoms with E-state index >= 15 is 0 Å². The fourth-order valence-corrected chi connectivity index (χ4v) is 5.23. The van der Waals surface area contributed by atoms with Gasteiger partial charge >= 0.3 is 11.4 Å². The number of allylic oxidation sites excluding steroid dienone is 6. The Kier molecular flexibility index (Phi) is 4.23. The molecule has 2 heterocycles. The minimum absolute atomic E-state index is 0.0163. The summed E-state index contributed by atoms with van der Waals surface area (Å²) in [7, 11) is 1.41.